The molecule has 100 valence electrons. The van der Waals surface area contributed by atoms with E-state index in [-0.39, 0.29) is 37.7 Å². The number of aryl methyl sites for hydroxylation is 1. The Labute approximate surface area is 103 Å². The number of nitro groups is 1. The van der Waals surface area contributed by atoms with Crippen LogP contribution in [0.2, 0.25) is 0 Å². The highest BCUT2D eigenvalue weighted by Gasteiger charge is 2.16. The molecule has 0 radical (unpaired) electrons. The van der Waals surface area contributed by atoms with E-state index in [2.05, 4.69) is 5.32 Å². The number of amides is 1. The molecule has 18 heavy (non-hydrogen) atoms. The molecule has 0 unspecified atom stereocenters. The lowest BCUT2D eigenvalue weighted by molar-refractivity contribution is -0.384. The molecule has 0 aromatic carbocycles. The summed E-state index contributed by atoms with van der Waals surface area (Å²) in [5.74, 6) is -0.404. The van der Waals surface area contributed by atoms with Crippen LogP contribution in [0.15, 0.2) is 12.3 Å². The van der Waals surface area contributed by atoms with Gasteiger partial charge in [-0.15, -0.1) is 0 Å². The van der Waals surface area contributed by atoms with Crippen LogP contribution < -0.4 is 5.32 Å². The third-order valence-electron chi connectivity index (χ3n) is 2.20. The van der Waals surface area contributed by atoms with Gasteiger partial charge in [-0.1, -0.05) is 0 Å². The van der Waals surface area contributed by atoms with Crippen LogP contribution in [0.5, 0.6) is 0 Å². The molecule has 0 aliphatic carbocycles. The Morgan fingerprint density at radius 3 is 2.89 bits per heavy atom. The fourth-order valence-corrected chi connectivity index (χ4v) is 1.37. The van der Waals surface area contributed by atoms with Gasteiger partial charge in [0, 0.05) is 19.7 Å². The standard InChI is InChI=1S/C10H15N3O5/c1-12-7-8(13(16)17)6-9(12)10(15)11-2-4-18-5-3-14/h6-7,14H,2-5H2,1H3,(H,11,15). The molecule has 8 nitrogen and oxygen atoms in total. The molecular weight excluding hydrogens is 242 g/mol. The predicted molar refractivity (Wildman–Crippen MR) is 62.3 cm³/mol. The normalized spacial score (nSPS) is 10.3. The van der Waals surface area contributed by atoms with Gasteiger partial charge in [0.1, 0.15) is 5.69 Å². The lowest BCUT2D eigenvalue weighted by atomic mass is 10.4. The average molecular weight is 257 g/mol. The van der Waals surface area contributed by atoms with Crippen LogP contribution in [0.3, 0.4) is 0 Å². The molecular formula is C10H15N3O5. The number of aromatic nitrogens is 1. The number of nitrogens with one attached hydrogen (secondary N) is 1. The van der Waals surface area contributed by atoms with E-state index in [1.165, 1.54) is 16.8 Å². The highest BCUT2D eigenvalue weighted by molar-refractivity contribution is 5.93. The summed E-state index contributed by atoms with van der Waals surface area (Å²) in [6.45, 7) is 0.695. The first-order chi connectivity index (χ1) is 8.56. The number of aliphatic hydroxyl groups is 1. The second kappa shape index (κ2) is 6.72. The van der Waals surface area contributed by atoms with E-state index in [0.29, 0.717) is 0 Å². The molecule has 0 saturated carbocycles. The van der Waals surface area contributed by atoms with E-state index in [1.54, 1.807) is 7.05 Å². The molecule has 0 bridgehead atoms. The second-order valence-electron chi connectivity index (χ2n) is 3.54. The van der Waals surface area contributed by atoms with Crippen molar-refractivity contribution in [2.75, 3.05) is 26.4 Å². The summed E-state index contributed by atoms with van der Waals surface area (Å²) in [5, 5.41) is 21.6. The largest absolute Gasteiger partial charge is 0.394 e. The molecule has 1 rings (SSSR count). The molecule has 1 aromatic heterocycles. The van der Waals surface area contributed by atoms with Gasteiger partial charge in [-0.3, -0.25) is 14.9 Å². The van der Waals surface area contributed by atoms with E-state index in [0.717, 1.165) is 0 Å². The molecule has 8 heteroatoms. The first-order valence-electron chi connectivity index (χ1n) is 5.34. The van der Waals surface area contributed by atoms with E-state index in [4.69, 9.17) is 9.84 Å². The van der Waals surface area contributed by atoms with E-state index in [1.807, 2.05) is 0 Å². The highest BCUT2D eigenvalue weighted by Crippen LogP contribution is 2.14. The molecule has 1 aromatic rings. The molecule has 1 heterocycles. The Hall–Kier alpha value is -1.93. The molecule has 0 atom stereocenters. The number of nitrogens with zero attached hydrogens (tertiary/aromatic N) is 2. The van der Waals surface area contributed by atoms with Gasteiger partial charge in [0.05, 0.1) is 30.9 Å². The van der Waals surface area contributed by atoms with Crippen LogP contribution in [0.25, 0.3) is 0 Å². The van der Waals surface area contributed by atoms with E-state index < -0.39 is 10.8 Å². The van der Waals surface area contributed by atoms with Crippen molar-refractivity contribution in [2.24, 2.45) is 7.05 Å². The lowest BCUT2D eigenvalue weighted by Crippen LogP contribution is -2.28. The average Bonchev–Trinajstić information content (AvgIpc) is 2.71. The lowest BCUT2D eigenvalue weighted by Gasteiger charge is -2.05. The summed E-state index contributed by atoms with van der Waals surface area (Å²) in [6.07, 6.45) is 1.27. The number of carbonyl (C=O) groups excluding carboxylic acids is 1. The molecule has 0 aliphatic rings. The first kappa shape index (κ1) is 14.1. The van der Waals surface area contributed by atoms with Crippen LogP contribution in [-0.4, -0.2) is 46.9 Å². The Bertz CT molecular complexity index is 429. The summed E-state index contributed by atoms with van der Waals surface area (Å²) in [4.78, 5) is 21.7. The zero-order chi connectivity index (χ0) is 13.5. The fraction of sp³-hybridized carbons (Fsp3) is 0.500. The zero-order valence-electron chi connectivity index (χ0n) is 9.96. The van der Waals surface area contributed by atoms with Crippen LogP contribution >= 0.6 is 0 Å². The van der Waals surface area contributed by atoms with Gasteiger partial charge >= 0.3 is 0 Å². The van der Waals surface area contributed by atoms with Gasteiger partial charge in [-0.25, -0.2) is 0 Å². The Kier molecular flexibility index (Phi) is 5.28. The van der Waals surface area contributed by atoms with Crippen molar-refractivity contribution in [1.82, 2.24) is 9.88 Å². The van der Waals surface area contributed by atoms with Gasteiger partial charge in [-0.05, 0) is 0 Å². The highest BCUT2D eigenvalue weighted by atomic mass is 16.6. The van der Waals surface area contributed by atoms with Crippen molar-refractivity contribution in [1.29, 1.82) is 0 Å². The van der Waals surface area contributed by atoms with Crippen molar-refractivity contribution < 1.29 is 19.6 Å². The molecule has 1 amide bonds. The van der Waals surface area contributed by atoms with Gasteiger partial charge in [-0.2, -0.15) is 0 Å². The van der Waals surface area contributed by atoms with Crippen molar-refractivity contribution in [3.8, 4) is 0 Å². The summed E-state index contributed by atoms with van der Waals surface area (Å²) in [5.41, 5.74) is 0.0861. The molecule has 0 aliphatic heterocycles. The Morgan fingerprint density at radius 2 is 2.33 bits per heavy atom. The first-order valence-corrected chi connectivity index (χ1v) is 5.34. The Morgan fingerprint density at radius 1 is 1.61 bits per heavy atom. The Balaban J connectivity index is 2.48. The van der Waals surface area contributed by atoms with Gasteiger partial charge < -0.3 is 19.7 Å². The molecule has 0 saturated heterocycles. The second-order valence-corrected chi connectivity index (χ2v) is 3.54. The number of hydrogen-bond donors (Lipinski definition) is 2. The SMILES string of the molecule is Cn1cc([N+](=O)[O-])cc1C(=O)NCCOCCO. The minimum absolute atomic E-state index is 0.0715. The quantitative estimate of drug-likeness (QED) is 0.395. The maximum Gasteiger partial charge on any atom is 0.287 e. The minimum atomic E-state index is -0.554. The van der Waals surface area contributed by atoms with Crippen molar-refractivity contribution in [2.45, 2.75) is 0 Å². The zero-order valence-corrected chi connectivity index (χ0v) is 9.96. The molecule has 0 fully saturated rings. The van der Waals surface area contributed by atoms with E-state index in [9.17, 15) is 14.9 Å². The van der Waals surface area contributed by atoms with Crippen molar-refractivity contribution in [3.05, 3.63) is 28.1 Å². The smallest absolute Gasteiger partial charge is 0.287 e. The summed E-state index contributed by atoms with van der Waals surface area (Å²) < 4.78 is 6.35. The number of ether oxygens (including phenoxy) is 1. The third kappa shape index (κ3) is 3.82. The minimum Gasteiger partial charge on any atom is -0.394 e. The van der Waals surface area contributed by atoms with Gasteiger partial charge in [0.25, 0.3) is 11.6 Å². The predicted octanol–water partition coefficient (Wildman–Crippen LogP) is -0.328. The summed E-state index contributed by atoms with van der Waals surface area (Å²) in [6, 6.07) is 1.21. The maximum absolute atomic E-state index is 11.7. The number of carbonyl (C=O) groups is 1. The third-order valence-corrected chi connectivity index (χ3v) is 2.20. The van der Waals surface area contributed by atoms with Crippen LogP contribution in [0.4, 0.5) is 5.69 Å². The van der Waals surface area contributed by atoms with Crippen LogP contribution in [0.1, 0.15) is 10.5 Å². The molecule has 2 N–H and O–H groups in total. The fourth-order valence-electron chi connectivity index (χ4n) is 1.37. The summed E-state index contributed by atoms with van der Waals surface area (Å²) in [7, 11) is 1.56. The molecule has 0 spiro atoms. The van der Waals surface area contributed by atoms with Crippen molar-refractivity contribution >= 4 is 11.6 Å². The van der Waals surface area contributed by atoms with Crippen LogP contribution in [-0.2, 0) is 11.8 Å². The monoisotopic (exact) mass is 257 g/mol. The van der Waals surface area contributed by atoms with E-state index >= 15 is 0 Å². The van der Waals surface area contributed by atoms with Gasteiger partial charge in [0.2, 0.25) is 0 Å². The van der Waals surface area contributed by atoms with Gasteiger partial charge in [0.15, 0.2) is 0 Å². The topological polar surface area (TPSA) is 107 Å². The number of aliphatic hydroxyl groups excluding tert-OH is 1. The van der Waals surface area contributed by atoms with Crippen molar-refractivity contribution in [3.63, 3.8) is 0 Å². The maximum atomic E-state index is 11.7. The number of rotatable bonds is 7. The number of hydrogen-bond acceptors (Lipinski definition) is 5. The van der Waals surface area contributed by atoms with Crippen LogP contribution in [0, 0.1) is 10.1 Å². The summed E-state index contributed by atoms with van der Waals surface area (Å²) >= 11 is 0.